The van der Waals surface area contributed by atoms with Crippen molar-refractivity contribution in [1.29, 1.82) is 0 Å². The van der Waals surface area contributed by atoms with E-state index in [1.807, 2.05) is 12.1 Å². The van der Waals surface area contributed by atoms with Gasteiger partial charge in [-0.1, -0.05) is 18.6 Å². The number of rotatable bonds is 5. The molecule has 0 radical (unpaired) electrons. The zero-order valence-corrected chi connectivity index (χ0v) is 9.39. The summed E-state index contributed by atoms with van der Waals surface area (Å²) in [5, 5.41) is 22.2. The lowest BCUT2D eigenvalue weighted by Gasteiger charge is -2.28. The molecule has 1 aromatic carbocycles. The van der Waals surface area contributed by atoms with Crippen LogP contribution in [0.5, 0.6) is 5.75 Å². The van der Waals surface area contributed by atoms with Gasteiger partial charge >= 0.3 is 0 Å². The molecule has 88 valence electrons. The number of phenols is 1. The Bertz CT molecular complexity index is 336. The molecule has 0 amide bonds. The van der Waals surface area contributed by atoms with Gasteiger partial charge in [0.25, 0.3) is 0 Å². The van der Waals surface area contributed by atoms with Gasteiger partial charge in [-0.2, -0.15) is 0 Å². The van der Waals surface area contributed by atoms with Crippen LogP contribution in [0.4, 0.5) is 0 Å². The number of benzene rings is 1. The minimum Gasteiger partial charge on any atom is -0.508 e. The molecule has 0 saturated heterocycles. The van der Waals surface area contributed by atoms with E-state index in [-0.39, 0.29) is 18.3 Å². The van der Waals surface area contributed by atoms with Crippen LogP contribution in [0.2, 0.25) is 0 Å². The van der Waals surface area contributed by atoms with E-state index in [0.29, 0.717) is 6.04 Å². The summed E-state index contributed by atoms with van der Waals surface area (Å²) in [6, 6.07) is 7.77. The summed E-state index contributed by atoms with van der Waals surface area (Å²) >= 11 is 0. The summed E-state index contributed by atoms with van der Waals surface area (Å²) in [6.07, 6.45) is 3.81. The highest BCUT2D eigenvalue weighted by Crippen LogP contribution is 2.22. The Labute approximate surface area is 96.1 Å². The summed E-state index contributed by atoms with van der Waals surface area (Å²) in [6.45, 7) is 0.897. The number of aromatic hydroxyl groups is 1. The number of nitrogens with one attached hydrogen (secondary N) is 1. The van der Waals surface area contributed by atoms with Gasteiger partial charge in [0.2, 0.25) is 0 Å². The van der Waals surface area contributed by atoms with Crippen LogP contribution in [-0.2, 0) is 0 Å². The van der Waals surface area contributed by atoms with Gasteiger partial charge in [-0.25, -0.2) is 0 Å². The minimum atomic E-state index is 0.0766. The number of phenolic OH excluding ortho intramolecular Hbond substituents is 1. The van der Waals surface area contributed by atoms with Gasteiger partial charge in [0.15, 0.2) is 0 Å². The van der Waals surface area contributed by atoms with E-state index in [9.17, 15) is 10.2 Å². The quantitative estimate of drug-likeness (QED) is 0.708. The van der Waals surface area contributed by atoms with Gasteiger partial charge < -0.3 is 15.5 Å². The second-order valence-corrected chi connectivity index (χ2v) is 4.51. The lowest BCUT2D eigenvalue weighted by molar-refractivity contribution is 0.247. The van der Waals surface area contributed by atoms with Gasteiger partial charge in [-0.3, -0.25) is 0 Å². The van der Waals surface area contributed by atoms with Crippen molar-refractivity contribution in [3.8, 4) is 5.75 Å². The number of hydrogen-bond donors (Lipinski definition) is 3. The second kappa shape index (κ2) is 5.32. The molecule has 1 saturated carbocycles. The lowest BCUT2D eigenvalue weighted by atomic mass is 9.92. The van der Waals surface area contributed by atoms with Crippen molar-refractivity contribution < 1.29 is 10.2 Å². The molecule has 1 aromatic rings. The molecule has 1 fully saturated rings. The molecule has 1 aliphatic carbocycles. The van der Waals surface area contributed by atoms with E-state index >= 15 is 0 Å². The van der Waals surface area contributed by atoms with Crippen LogP contribution in [0.15, 0.2) is 24.3 Å². The van der Waals surface area contributed by atoms with E-state index in [1.165, 1.54) is 19.3 Å². The topological polar surface area (TPSA) is 52.5 Å². The molecular formula is C13H19NO2. The van der Waals surface area contributed by atoms with E-state index in [0.717, 1.165) is 12.1 Å². The first kappa shape index (κ1) is 11.4. The molecule has 3 N–H and O–H groups in total. The second-order valence-electron chi connectivity index (χ2n) is 4.51. The van der Waals surface area contributed by atoms with Gasteiger partial charge in [-0.15, -0.1) is 0 Å². The molecule has 0 aromatic heterocycles. The molecule has 0 aliphatic heterocycles. The fraction of sp³-hybridized carbons (Fsp3) is 0.538. The molecule has 1 aliphatic rings. The fourth-order valence-electron chi connectivity index (χ4n) is 1.99. The maximum absolute atomic E-state index is 9.39. The van der Waals surface area contributed by atoms with Crippen LogP contribution in [0.1, 0.15) is 30.7 Å². The third kappa shape index (κ3) is 2.74. The first-order chi connectivity index (χ1) is 7.79. The van der Waals surface area contributed by atoms with E-state index < -0.39 is 0 Å². The van der Waals surface area contributed by atoms with Gasteiger partial charge in [0.05, 0.1) is 6.61 Å². The molecule has 3 nitrogen and oxygen atoms in total. The Hall–Kier alpha value is -1.06. The van der Waals surface area contributed by atoms with Crippen LogP contribution in [0.3, 0.4) is 0 Å². The summed E-state index contributed by atoms with van der Waals surface area (Å²) in [7, 11) is 0. The first-order valence-corrected chi connectivity index (χ1v) is 5.93. The van der Waals surface area contributed by atoms with Crippen molar-refractivity contribution in [1.82, 2.24) is 5.32 Å². The maximum atomic E-state index is 9.39. The van der Waals surface area contributed by atoms with Crippen molar-refractivity contribution in [3.05, 3.63) is 29.8 Å². The number of aliphatic hydroxyl groups excluding tert-OH is 1. The van der Waals surface area contributed by atoms with E-state index in [2.05, 4.69) is 5.32 Å². The van der Waals surface area contributed by atoms with Crippen molar-refractivity contribution in [2.45, 2.75) is 31.2 Å². The van der Waals surface area contributed by atoms with E-state index in [4.69, 9.17) is 0 Å². The largest absolute Gasteiger partial charge is 0.508 e. The molecular weight excluding hydrogens is 202 g/mol. The Kier molecular flexibility index (Phi) is 3.80. The van der Waals surface area contributed by atoms with Gasteiger partial charge in [0, 0.05) is 18.5 Å². The van der Waals surface area contributed by atoms with Crippen LogP contribution < -0.4 is 5.32 Å². The highest BCUT2D eigenvalue weighted by atomic mass is 16.3. The van der Waals surface area contributed by atoms with Gasteiger partial charge in [0.1, 0.15) is 5.75 Å². The normalized spacial score (nSPS) is 18.1. The average Bonchev–Trinajstić information content (AvgIpc) is 2.22. The Morgan fingerprint density at radius 3 is 2.75 bits per heavy atom. The molecule has 1 unspecified atom stereocenters. The number of hydrogen-bond acceptors (Lipinski definition) is 3. The fourth-order valence-corrected chi connectivity index (χ4v) is 1.99. The first-order valence-electron chi connectivity index (χ1n) is 5.93. The zero-order chi connectivity index (χ0) is 11.4. The molecule has 0 bridgehead atoms. The van der Waals surface area contributed by atoms with Crippen molar-refractivity contribution >= 4 is 0 Å². The smallest absolute Gasteiger partial charge is 0.115 e. The highest BCUT2D eigenvalue weighted by molar-refractivity contribution is 5.30. The molecule has 2 rings (SSSR count). The molecule has 1 atom stereocenters. The van der Waals surface area contributed by atoms with Crippen molar-refractivity contribution in [2.75, 3.05) is 13.2 Å². The molecule has 3 heteroatoms. The third-order valence-corrected chi connectivity index (χ3v) is 3.32. The summed E-state index contributed by atoms with van der Waals surface area (Å²) < 4.78 is 0. The minimum absolute atomic E-state index is 0.0766. The zero-order valence-electron chi connectivity index (χ0n) is 9.39. The average molecular weight is 221 g/mol. The Morgan fingerprint density at radius 2 is 2.19 bits per heavy atom. The van der Waals surface area contributed by atoms with Crippen molar-refractivity contribution in [2.24, 2.45) is 0 Å². The summed E-state index contributed by atoms with van der Waals surface area (Å²) in [4.78, 5) is 0. The SMILES string of the molecule is OCC(CNC1CCC1)c1cccc(O)c1. The predicted molar refractivity (Wildman–Crippen MR) is 63.6 cm³/mol. The Balaban J connectivity index is 1.92. The standard InChI is InChI=1S/C13H19NO2/c15-9-11(8-14-12-4-2-5-12)10-3-1-6-13(16)7-10/h1,3,6-7,11-12,14-16H,2,4-5,8-9H2. The monoisotopic (exact) mass is 221 g/mol. The Morgan fingerprint density at radius 1 is 1.38 bits per heavy atom. The molecule has 0 heterocycles. The van der Waals surface area contributed by atoms with Crippen LogP contribution in [0.25, 0.3) is 0 Å². The predicted octanol–water partition coefficient (Wildman–Crippen LogP) is 1.61. The lowest BCUT2D eigenvalue weighted by Crippen LogP contribution is -2.38. The van der Waals surface area contributed by atoms with Crippen LogP contribution in [0, 0.1) is 0 Å². The van der Waals surface area contributed by atoms with Crippen LogP contribution in [-0.4, -0.2) is 29.4 Å². The molecule has 16 heavy (non-hydrogen) atoms. The van der Waals surface area contributed by atoms with E-state index in [1.54, 1.807) is 12.1 Å². The maximum Gasteiger partial charge on any atom is 0.115 e. The molecule has 0 spiro atoms. The van der Waals surface area contributed by atoms with Crippen molar-refractivity contribution in [3.63, 3.8) is 0 Å². The highest BCUT2D eigenvalue weighted by Gasteiger charge is 2.19. The van der Waals surface area contributed by atoms with Gasteiger partial charge in [-0.05, 0) is 30.5 Å². The summed E-state index contributed by atoms with van der Waals surface area (Å²) in [5.74, 6) is 0.340. The number of aliphatic hydroxyl groups is 1. The third-order valence-electron chi connectivity index (χ3n) is 3.32. The summed E-state index contributed by atoms with van der Waals surface area (Å²) in [5.41, 5.74) is 0.995. The van der Waals surface area contributed by atoms with Crippen LogP contribution >= 0.6 is 0 Å².